The molecule has 2 N–H and O–H groups in total. The normalized spacial score (nSPS) is 12.8. The van der Waals surface area contributed by atoms with Crippen LogP contribution in [0.25, 0.3) is 10.2 Å². The maximum Gasteiger partial charge on any atom is 0.0907 e. The Bertz CT molecular complexity index is 657. The van der Waals surface area contributed by atoms with Gasteiger partial charge in [-0.2, -0.15) is 5.10 Å². The molecule has 0 amide bonds. The molecule has 2 aromatic heterocycles. The molecule has 3 rings (SSSR count). The van der Waals surface area contributed by atoms with Gasteiger partial charge in [0.1, 0.15) is 0 Å². The number of benzene rings is 1. The number of hydrogen-bond acceptors (Lipinski definition) is 4. The number of aromatic nitrogens is 3. The van der Waals surface area contributed by atoms with Gasteiger partial charge in [0, 0.05) is 11.9 Å². The first kappa shape index (κ1) is 11.2. The Kier molecular flexibility index (Phi) is 2.76. The van der Waals surface area contributed by atoms with E-state index >= 15 is 0 Å². The van der Waals surface area contributed by atoms with Crippen LogP contribution in [0.4, 0.5) is 5.69 Å². The van der Waals surface area contributed by atoms with E-state index in [1.807, 2.05) is 13.0 Å². The quantitative estimate of drug-likeness (QED) is 0.756. The van der Waals surface area contributed by atoms with Crippen LogP contribution < -0.4 is 5.32 Å². The number of thiazole rings is 1. The number of nitrogens with one attached hydrogen (secondary N) is 2. The maximum atomic E-state index is 4.46. The number of aromatic amines is 1. The van der Waals surface area contributed by atoms with E-state index in [-0.39, 0.29) is 6.04 Å². The highest BCUT2D eigenvalue weighted by molar-refractivity contribution is 7.18. The monoisotopic (exact) mass is 258 g/mol. The number of aryl methyl sites for hydroxylation is 1. The van der Waals surface area contributed by atoms with Gasteiger partial charge < -0.3 is 5.32 Å². The molecular formula is C13H14N4S. The Labute approximate surface area is 109 Å². The van der Waals surface area contributed by atoms with Crippen molar-refractivity contribution in [3.05, 3.63) is 41.2 Å². The Balaban J connectivity index is 1.86. The second kappa shape index (κ2) is 4.42. The van der Waals surface area contributed by atoms with E-state index in [1.54, 1.807) is 17.5 Å². The number of anilines is 1. The number of hydrogen-bond donors (Lipinski definition) is 2. The molecule has 0 spiro atoms. The lowest BCUT2D eigenvalue weighted by atomic mass is 10.2. The number of fused-ring (bicyclic) bond motifs is 1. The van der Waals surface area contributed by atoms with Crippen LogP contribution >= 0.6 is 11.3 Å². The van der Waals surface area contributed by atoms with Gasteiger partial charge in [-0.3, -0.25) is 5.10 Å². The van der Waals surface area contributed by atoms with Gasteiger partial charge in [-0.1, -0.05) is 0 Å². The number of rotatable bonds is 3. The fraction of sp³-hybridized carbons (Fsp3) is 0.231. The Morgan fingerprint density at radius 1 is 1.33 bits per heavy atom. The third-order valence-corrected chi connectivity index (χ3v) is 3.80. The summed E-state index contributed by atoms with van der Waals surface area (Å²) >= 11 is 1.72. The highest BCUT2D eigenvalue weighted by Crippen LogP contribution is 2.26. The van der Waals surface area contributed by atoms with Crippen molar-refractivity contribution >= 4 is 27.2 Å². The Morgan fingerprint density at radius 2 is 2.22 bits per heavy atom. The summed E-state index contributed by atoms with van der Waals surface area (Å²) in [7, 11) is 0. The van der Waals surface area contributed by atoms with Crippen LogP contribution in [-0.4, -0.2) is 15.2 Å². The van der Waals surface area contributed by atoms with E-state index in [2.05, 4.69) is 45.6 Å². The summed E-state index contributed by atoms with van der Waals surface area (Å²) in [6.07, 6.45) is 1.77. The largest absolute Gasteiger partial charge is 0.377 e. The molecule has 0 saturated heterocycles. The summed E-state index contributed by atoms with van der Waals surface area (Å²) in [4.78, 5) is 4.46. The van der Waals surface area contributed by atoms with Crippen LogP contribution in [-0.2, 0) is 0 Å². The van der Waals surface area contributed by atoms with Crippen molar-refractivity contribution in [1.29, 1.82) is 0 Å². The molecule has 0 radical (unpaired) electrons. The van der Waals surface area contributed by atoms with Crippen molar-refractivity contribution in [3.8, 4) is 0 Å². The Morgan fingerprint density at radius 3 is 3.00 bits per heavy atom. The fourth-order valence-corrected chi connectivity index (χ4v) is 2.83. The molecule has 0 fully saturated rings. The van der Waals surface area contributed by atoms with E-state index < -0.39 is 0 Å². The van der Waals surface area contributed by atoms with Gasteiger partial charge in [0.05, 0.1) is 27.0 Å². The minimum Gasteiger partial charge on any atom is -0.377 e. The highest BCUT2D eigenvalue weighted by Gasteiger charge is 2.07. The third kappa shape index (κ3) is 2.09. The molecular weight excluding hydrogens is 244 g/mol. The average molecular weight is 258 g/mol. The zero-order valence-electron chi connectivity index (χ0n) is 10.3. The summed E-state index contributed by atoms with van der Waals surface area (Å²) in [6, 6.07) is 8.45. The van der Waals surface area contributed by atoms with Crippen molar-refractivity contribution in [2.24, 2.45) is 0 Å². The molecule has 0 bridgehead atoms. The van der Waals surface area contributed by atoms with Gasteiger partial charge in [0.25, 0.3) is 0 Å². The van der Waals surface area contributed by atoms with Crippen LogP contribution in [0.15, 0.2) is 30.5 Å². The lowest BCUT2D eigenvalue weighted by Gasteiger charge is -2.13. The first-order chi connectivity index (χ1) is 8.72. The first-order valence-electron chi connectivity index (χ1n) is 5.85. The average Bonchev–Trinajstić information content (AvgIpc) is 2.95. The summed E-state index contributed by atoms with van der Waals surface area (Å²) in [5.41, 5.74) is 3.25. The van der Waals surface area contributed by atoms with Gasteiger partial charge in [0.2, 0.25) is 0 Å². The van der Waals surface area contributed by atoms with E-state index in [4.69, 9.17) is 0 Å². The molecule has 4 nitrogen and oxygen atoms in total. The third-order valence-electron chi connectivity index (χ3n) is 2.87. The van der Waals surface area contributed by atoms with Crippen LogP contribution in [0.1, 0.15) is 23.7 Å². The molecule has 92 valence electrons. The maximum absolute atomic E-state index is 4.46. The van der Waals surface area contributed by atoms with Crippen molar-refractivity contribution < 1.29 is 0 Å². The van der Waals surface area contributed by atoms with Crippen LogP contribution in [0, 0.1) is 6.92 Å². The summed E-state index contributed by atoms with van der Waals surface area (Å²) < 4.78 is 1.22. The smallest absolute Gasteiger partial charge is 0.0907 e. The van der Waals surface area contributed by atoms with Crippen molar-refractivity contribution in [2.75, 3.05) is 5.32 Å². The highest BCUT2D eigenvalue weighted by atomic mass is 32.1. The number of H-pyrrole nitrogens is 1. The van der Waals surface area contributed by atoms with Crippen LogP contribution in [0.5, 0.6) is 0 Å². The topological polar surface area (TPSA) is 53.6 Å². The molecule has 0 aliphatic rings. The minimum atomic E-state index is 0.207. The van der Waals surface area contributed by atoms with Crippen LogP contribution in [0.2, 0.25) is 0 Å². The Hall–Kier alpha value is -1.88. The van der Waals surface area contributed by atoms with E-state index in [0.717, 1.165) is 21.9 Å². The van der Waals surface area contributed by atoms with Crippen molar-refractivity contribution in [3.63, 3.8) is 0 Å². The molecule has 1 unspecified atom stereocenters. The van der Waals surface area contributed by atoms with Gasteiger partial charge in [-0.25, -0.2) is 4.98 Å². The SMILES string of the molecule is Cc1nc2ccc(NC(C)c3ccn[nH]3)cc2s1. The molecule has 0 aliphatic heterocycles. The summed E-state index contributed by atoms with van der Waals surface area (Å²) in [5, 5.41) is 11.5. The van der Waals surface area contributed by atoms with Gasteiger partial charge >= 0.3 is 0 Å². The molecule has 5 heteroatoms. The molecule has 0 aliphatic carbocycles. The molecule has 3 aromatic rings. The second-order valence-electron chi connectivity index (χ2n) is 4.29. The fourth-order valence-electron chi connectivity index (χ4n) is 1.97. The second-order valence-corrected chi connectivity index (χ2v) is 5.53. The van der Waals surface area contributed by atoms with E-state index in [9.17, 15) is 0 Å². The molecule has 0 saturated carbocycles. The molecule has 18 heavy (non-hydrogen) atoms. The lowest BCUT2D eigenvalue weighted by Crippen LogP contribution is -2.06. The molecule has 1 atom stereocenters. The molecule has 1 aromatic carbocycles. The van der Waals surface area contributed by atoms with Gasteiger partial charge in [-0.15, -0.1) is 11.3 Å². The van der Waals surface area contributed by atoms with Crippen molar-refractivity contribution in [2.45, 2.75) is 19.9 Å². The summed E-state index contributed by atoms with van der Waals surface area (Å²) in [5.74, 6) is 0. The standard InChI is InChI=1S/C13H14N4S/c1-8(11-5-6-14-17-11)15-10-3-4-12-13(7-10)18-9(2)16-12/h3-8,15H,1-2H3,(H,14,17). The predicted octanol–water partition coefficient (Wildman–Crippen LogP) is 3.50. The van der Waals surface area contributed by atoms with E-state index in [0.29, 0.717) is 0 Å². The lowest BCUT2D eigenvalue weighted by molar-refractivity contribution is 0.826. The van der Waals surface area contributed by atoms with E-state index in [1.165, 1.54) is 4.70 Å². The zero-order chi connectivity index (χ0) is 12.5. The van der Waals surface area contributed by atoms with Crippen molar-refractivity contribution in [1.82, 2.24) is 15.2 Å². The van der Waals surface area contributed by atoms with Gasteiger partial charge in [-0.05, 0) is 38.1 Å². The van der Waals surface area contributed by atoms with Gasteiger partial charge in [0.15, 0.2) is 0 Å². The number of nitrogens with zero attached hydrogens (tertiary/aromatic N) is 2. The molecule has 2 heterocycles. The first-order valence-corrected chi connectivity index (χ1v) is 6.67. The predicted molar refractivity (Wildman–Crippen MR) is 75.0 cm³/mol. The summed E-state index contributed by atoms with van der Waals surface area (Å²) in [6.45, 7) is 4.14. The van der Waals surface area contributed by atoms with Crippen LogP contribution in [0.3, 0.4) is 0 Å². The minimum absolute atomic E-state index is 0.207. The zero-order valence-corrected chi connectivity index (χ0v) is 11.1.